The highest BCUT2D eigenvalue weighted by atomic mass is 35.5. The molecule has 0 saturated heterocycles. The highest BCUT2D eigenvalue weighted by Gasteiger charge is 2.17. The van der Waals surface area contributed by atoms with Crippen LogP contribution >= 0.6 is 34.5 Å². The summed E-state index contributed by atoms with van der Waals surface area (Å²) >= 11 is 13.7. The number of anilines is 1. The van der Waals surface area contributed by atoms with Gasteiger partial charge in [-0.15, -0.1) is 11.3 Å². The minimum atomic E-state index is -0.0120. The van der Waals surface area contributed by atoms with Crippen LogP contribution in [0.4, 0.5) is 5.13 Å². The monoisotopic (exact) mass is 464 g/mol. The largest absolute Gasteiger partial charge is 0.354 e. The minimum Gasteiger partial charge on any atom is -0.354 e. The summed E-state index contributed by atoms with van der Waals surface area (Å²) in [7, 11) is 0. The van der Waals surface area contributed by atoms with Gasteiger partial charge < -0.3 is 10.3 Å². The van der Waals surface area contributed by atoms with Crippen molar-refractivity contribution < 1.29 is 0 Å². The predicted octanol–water partition coefficient (Wildman–Crippen LogP) is 7.39. The van der Waals surface area contributed by atoms with E-state index in [0.717, 1.165) is 38.8 Å². The lowest BCUT2D eigenvalue weighted by molar-refractivity contribution is 0.742. The van der Waals surface area contributed by atoms with Crippen molar-refractivity contribution in [2.45, 2.75) is 12.5 Å². The van der Waals surface area contributed by atoms with Crippen LogP contribution in [0, 0.1) is 0 Å². The number of thiazole rings is 1. The Hall–Kier alpha value is -2.86. The van der Waals surface area contributed by atoms with Crippen molar-refractivity contribution in [3.8, 4) is 11.3 Å². The molecule has 0 spiro atoms. The lowest BCUT2D eigenvalue weighted by Gasteiger charge is -2.18. The van der Waals surface area contributed by atoms with Crippen LogP contribution in [0.5, 0.6) is 0 Å². The maximum Gasteiger partial charge on any atom is 0.183 e. The fourth-order valence-corrected chi connectivity index (χ4v) is 4.51. The number of hydrogen-bond acceptors (Lipinski definition) is 4. The Bertz CT molecular complexity index is 1280. The maximum atomic E-state index is 6.11. The molecular weight excluding hydrogens is 447 g/mol. The normalized spacial score (nSPS) is 12.2. The molecule has 0 amide bonds. The number of nitrogens with zero attached hydrogens (tertiary/aromatic N) is 2. The Morgan fingerprint density at radius 1 is 0.871 bits per heavy atom. The second kappa shape index (κ2) is 8.71. The number of hydrogen-bond donors (Lipinski definition) is 2. The fraction of sp³-hybridized carbons (Fsp3) is 0.0833. The van der Waals surface area contributed by atoms with Crippen molar-refractivity contribution in [1.29, 1.82) is 0 Å². The summed E-state index contributed by atoms with van der Waals surface area (Å²) in [4.78, 5) is 13.0. The van der Waals surface area contributed by atoms with Crippen molar-refractivity contribution in [3.63, 3.8) is 0 Å². The van der Waals surface area contributed by atoms with Crippen LogP contribution in [0.25, 0.3) is 22.3 Å². The van der Waals surface area contributed by atoms with E-state index in [9.17, 15) is 0 Å². The summed E-state index contributed by atoms with van der Waals surface area (Å²) in [6.07, 6.45) is 0.687. The molecule has 2 N–H and O–H groups in total. The van der Waals surface area contributed by atoms with Gasteiger partial charge in [0.05, 0.1) is 22.8 Å². The van der Waals surface area contributed by atoms with E-state index in [1.165, 1.54) is 0 Å². The summed E-state index contributed by atoms with van der Waals surface area (Å²) in [5.74, 6) is 0.920. The first-order chi connectivity index (χ1) is 15.1. The Balaban J connectivity index is 1.43. The van der Waals surface area contributed by atoms with Crippen molar-refractivity contribution in [3.05, 3.63) is 99.6 Å². The van der Waals surface area contributed by atoms with Gasteiger partial charge in [0.2, 0.25) is 0 Å². The molecule has 0 aliphatic heterocycles. The highest BCUT2D eigenvalue weighted by Crippen LogP contribution is 2.30. The van der Waals surface area contributed by atoms with Crippen LogP contribution in [-0.2, 0) is 6.42 Å². The molecule has 0 aliphatic carbocycles. The third-order valence-corrected chi connectivity index (χ3v) is 6.33. The number of H-pyrrole nitrogens is 1. The van der Waals surface area contributed by atoms with Gasteiger partial charge in [-0.3, -0.25) is 0 Å². The Morgan fingerprint density at radius 2 is 1.58 bits per heavy atom. The molecule has 5 rings (SSSR count). The lowest BCUT2D eigenvalue weighted by atomic mass is 10.0. The first-order valence-corrected chi connectivity index (χ1v) is 11.4. The average Bonchev–Trinajstić information content (AvgIpc) is 3.41. The van der Waals surface area contributed by atoms with E-state index < -0.39 is 0 Å². The zero-order valence-corrected chi connectivity index (χ0v) is 18.7. The highest BCUT2D eigenvalue weighted by molar-refractivity contribution is 7.14. The van der Waals surface area contributed by atoms with Crippen LogP contribution in [0.1, 0.15) is 17.4 Å². The second-order valence-electron chi connectivity index (χ2n) is 7.20. The van der Waals surface area contributed by atoms with Gasteiger partial charge in [-0.25, -0.2) is 9.97 Å². The summed E-state index contributed by atoms with van der Waals surface area (Å²) in [5.41, 5.74) is 5.07. The molecule has 1 unspecified atom stereocenters. The zero-order valence-electron chi connectivity index (χ0n) is 16.3. The summed E-state index contributed by atoms with van der Waals surface area (Å²) in [6, 6.07) is 23.6. The maximum absolute atomic E-state index is 6.11. The number of rotatable bonds is 6. The molecule has 2 heterocycles. The number of para-hydroxylation sites is 2. The number of fused-ring (bicyclic) bond motifs is 1. The summed E-state index contributed by atoms with van der Waals surface area (Å²) in [6.45, 7) is 0. The zero-order chi connectivity index (χ0) is 21.2. The molecule has 0 bridgehead atoms. The third kappa shape index (κ3) is 4.59. The standard InChI is InChI=1S/C24H18Cl2N4S/c25-17-9-5-15(6-10-17)21(13-23-27-19-3-1-2-4-20(19)28-23)29-24-30-22(14-31-24)16-7-11-18(26)12-8-16/h1-12,14,21H,13H2,(H,27,28)(H,29,30). The molecule has 4 nitrogen and oxygen atoms in total. The second-order valence-corrected chi connectivity index (χ2v) is 8.93. The van der Waals surface area contributed by atoms with Crippen molar-refractivity contribution in [2.75, 3.05) is 5.32 Å². The number of imidazole rings is 1. The van der Waals surface area contributed by atoms with Crippen molar-refractivity contribution in [1.82, 2.24) is 15.0 Å². The van der Waals surface area contributed by atoms with E-state index in [1.807, 2.05) is 78.2 Å². The first kappa shape index (κ1) is 20.1. The molecule has 0 fully saturated rings. The summed E-state index contributed by atoms with van der Waals surface area (Å²) < 4.78 is 0. The van der Waals surface area contributed by atoms with Gasteiger partial charge in [-0.2, -0.15) is 0 Å². The van der Waals surface area contributed by atoms with E-state index in [2.05, 4.69) is 10.3 Å². The molecule has 7 heteroatoms. The van der Waals surface area contributed by atoms with E-state index in [-0.39, 0.29) is 6.04 Å². The van der Waals surface area contributed by atoms with Crippen molar-refractivity contribution >= 4 is 50.7 Å². The quantitative estimate of drug-likeness (QED) is 0.275. The Labute approximate surface area is 193 Å². The molecular formula is C24H18Cl2N4S. The Kier molecular flexibility index (Phi) is 5.64. The predicted molar refractivity (Wildman–Crippen MR) is 130 cm³/mol. The van der Waals surface area contributed by atoms with Crippen LogP contribution in [0.2, 0.25) is 10.0 Å². The SMILES string of the molecule is Clc1ccc(-c2csc(NC(Cc3nc4ccccc4[nH]3)c3ccc(Cl)cc3)n2)cc1. The van der Waals surface area contributed by atoms with Crippen LogP contribution in [0.15, 0.2) is 78.2 Å². The van der Waals surface area contributed by atoms with Crippen LogP contribution < -0.4 is 5.32 Å². The first-order valence-electron chi connectivity index (χ1n) is 9.81. The van der Waals surface area contributed by atoms with Gasteiger partial charge in [-0.05, 0) is 42.0 Å². The molecule has 2 aromatic heterocycles. The number of benzene rings is 3. The number of aromatic amines is 1. The number of halogens is 2. The molecule has 0 aliphatic rings. The summed E-state index contributed by atoms with van der Waals surface area (Å²) in [5, 5.41) is 7.91. The average molecular weight is 465 g/mol. The molecule has 1 atom stereocenters. The van der Waals surface area contributed by atoms with E-state index in [0.29, 0.717) is 16.5 Å². The number of nitrogens with one attached hydrogen (secondary N) is 2. The lowest BCUT2D eigenvalue weighted by Crippen LogP contribution is -2.14. The van der Waals surface area contributed by atoms with E-state index >= 15 is 0 Å². The molecule has 31 heavy (non-hydrogen) atoms. The smallest absolute Gasteiger partial charge is 0.183 e. The van der Waals surface area contributed by atoms with Crippen LogP contribution in [-0.4, -0.2) is 15.0 Å². The molecule has 154 valence electrons. The number of aromatic nitrogens is 3. The van der Waals surface area contributed by atoms with Gasteiger partial charge in [0.25, 0.3) is 0 Å². The van der Waals surface area contributed by atoms with Crippen LogP contribution in [0.3, 0.4) is 0 Å². The van der Waals surface area contributed by atoms with Gasteiger partial charge in [0.1, 0.15) is 5.82 Å². The molecule has 5 aromatic rings. The van der Waals surface area contributed by atoms with E-state index in [4.69, 9.17) is 33.2 Å². The Morgan fingerprint density at radius 3 is 2.32 bits per heavy atom. The van der Waals surface area contributed by atoms with Gasteiger partial charge >= 0.3 is 0 Å². The third-order valence-electron chi connectivity index (χ3n) is 5.05. The van der Waals surface area contributed by atoms with E-state index in [1.54, 1.807) is 11.3 Å². The van der Waals surface area contributed by atoms with Gasteiger partial charge in [-0.1, -0.05) is 59.6 Å². The topological polar surface area (TPSA) is 53.6 Å². The minimum absolute atomic E-state index is 0.0120. The molecule has 3 aromatic carbocycles. The fourth-order valence-electron chi connectivity index (χ4n) is 3.49. The molecule has 0 radical (unpaired) electrons. The van der Waals surface area contributed by atoms with Crippen molar-refractivity contribution in [2.24, 2.45) is 0 Å². The van der Waals surface area contributed by atoms with Gasteiger partial charge in [0, 0.05) is 27.4 Å². The van der Waals surface area contributed by atoms with Gasteiger partial charge in [0.15, 0.2) is 5.13 Å². The molecule has 0 saturated carbocycles.